The van der Waals surface area contributed by atoms with Crippen molar-refractivity contribution >= 4 is 44.6 Å². The molecule has 0 aliphatic carbocycles. The van der Waals surface area contributed by atoms with E-state index in [1.165, 1.54) is 9.31 Å². The second kappa shape index (κ2) is 9.82. The van der Waals surface area contributed by atoms with Crippen molar-refractivity contribution < 1.29 is 13.2 Å². The number of hydrogen-bond donors (Lipinski definition) is 2. The number of hydrazine groups is 1. The van der Waals surface area contributed by atoms with Gasteiger partial charge in [-0.05, 0) is 47.9 Å². The van der Waals surface area contributed by atoms with Crippen LogP contribution in [0.2, 0.25) is 5.02 Å². The first kappa shape index (κ1) is 23.1. The third-order valence-corrected chi connectivity index (χ3v) is 7.57. The molecule has 1 amide bonds. The summed E-state index contributed by atoms with van der Waals surface area (Å²) in [6, 6.07) is 21.9. The normalized spacial score (nSPS) is 14.8. The Bertz CT molecular complexity index is 1250. The molecule has 1 heterocycles. The van der Waals surface area contributed by atoms with E-state index in [4.69, 9.17) is 17.3 Å². The molecular weight excluding hydrogens is 460 g/mol. The Morgan fingerprint density at radius 2 is 1.79 bits per heavy atom. The van der Waals surface area contributed by atoms with Crippen molar-refractivity contribution in [2.24, 2.45) is 5.73 Å². The van der Waals surface area contributed by atoms with Crippen LogP contribution in [0.5, 0.6) is 0 Å². The summed E-state index contributed by atoms with van der Waals surface area (Å²) in [5.74, 6) is -0.0943. The van der Waals surface area contributed by atoms with Crippen molar-refractivity contribution in [1.29, 1.82) is 0 Å². The molecule has 0 aromatic heterocycles. The van der Waals surface area contributed by atoms with E-state index in [1.807, 2.05) is 54.6 Å². The number of benzene rings is 3. The summed E-state index contributed by atoms with van der Waals surface area (Å²) in [5, 5.41) is 1.68. The quantitative estimate of drug-likeness (QED) is 0.495. The second-order valence-electron chi connectivity index (χ2n) is 7.79. The minimum Gasteiger partial charge on any atom is -0.326 e. The van der Waals surface area contributed by atoms with Gasteiger partial charge < -0.3 is 5.73 Å². The molecule has 3 N–H and O–H groups in total. The molecule has 9 heteroatoms. The summed E-state index contributed by atoms with van der Waals surface area (Å²) in [7, 11) is -3.37. The molecule has 3 aromatic carbocycles. The minimum atomic E-state index is -3.37. The third kappa shape index (κ3) is 5.30. The molecule has 0 saturated carbocycles. The molecule has 1 aliphatic heterocycles. The average molecular weight is 485 g/mol. The van der Waals surface area contributed by atoms with Gasteiger partial charge in [0.05, 0.1) is 34.3 Å². The van der Waals surface area contributed by atoms with E-state index in [1.54, 1.807) is 18.2 Å². The fourth-order valence-electron chi connectivity index (χ4n) is 3.76. The highest BCUT2D eigenvalue weighted by Crippen LogP contribution is 2.34. The zero-order valence-corrected chi connectivity index (χ0v) is 19.5. The van der Waals surface area contributed by atoms with Crippen LogP contribution in [0.15, 0.2) is 72.8 Å². The van der Waals surface area contributed by atoms with Gasteiger partial charge in [0.1, 0.15) is 0 Å². The highest BCUT2D eigenvalue weighted by atomic mass is 35.5. The van der Waals surface area contributed by atoms with E-state index in [2.05, 4.69) is 5.43 Å². The van der Waals surface area contributed by atoms with Crippen molar-refractivity contribution in [3.8, 4) is 0 Å². The van der Waals surface area contributed by atoms with E-state index in [0.717, 1.165) is 11.1 Å². The van der Waals surface area contributed by atoms with Gasteiger partial charge in [-0.1, -0.05) is 54.1 Å². The van der Waals surface area contributed by atoms with Crippen molar-refractivity contribution in [2.45, 2.75) is 19.4 Å². The number of rotatable bonds is 7. The Morgan fingerprint density at radius 1 is 1.03 bits per heavy atom. The molecule has 0 bridgehead atoms. The molecule has 1 fully saturated rings. The number of nitrogens with two attached hydrogens (primary N) is 1. The highest BCUT2D eigenvalue weighted by molar-refractivity contribution is 7.93. The number of nitrogens with zero attached hydrogens (tertiary/aromatic N) is 2. The number of amides is 1. The summed E-state index contributed by atoms with van der Waals surface area (Å²) in [6.07, 6.45) is 0.728. The lowest BCUT2D eigenvalue weighted by atomic mass is 10.1. The minimum absolute atomic E-state index is 0.103. The Labute approximate surface area is 198 Å². The standard InChI is InChI=1S/C24H25ClN4O3S/c25-22-16-21(10-11-23(22)28-12-5-13-33(28,31)32)29(24(30)15-18-6-2-1-3-7-18)27-20-9-4-8-19(14-20)17-26/h1-4,6-11,14,16,27H,5,12-13,15,17,26H2. The predicted molar refractivity (Wildman–Crippen MR) is 133 cm³/mol. The molecule has 3 aromatic rings. The average Bonchev–Trinajstić information content (AvgIpc) is 3.16. The molecular formula is C24H25ClN4O3S. The van der Waals surface area contributed by atoms with Crippen molar-refractivity contribution in [3.63, 3.8) is 0 Å². The number of carbonyl (C=O) groups excluding carboxylic acids is 1. The second-order valence-corrected chi connectivity index (χ2v) is 10.2. The first-order valence-corrected chi connectivity index (χ1v) is 12.6. The van der Waals surface area contributed by atoms with Crippen LogP contribution in [0, 0.1) is 0 Å². The van der Waals surface area contributed by atoms with Gasteiger partial charge >= 0.3 is 0 Å². The Kier molecular flexibility index (Phi) is 6.88. The molecule has 0 atom stereocenters. The smallest absolute Gasteiger partial charge is 0.250 e. The van der Waals surface area contributed by atoms with Crippen LogP contribution in [-0.4, -0.2) is 26.6 Å². The molecule has 1 saturated heterocycles. The number of halogens is 1. The van der Waals surface area contributed by atoms with E-state index in [9.17, 15) is 13.2 Å². The summed E-state index contributed by atoms with van der Waals surface area (Å²) >= 11 is 6.51. The zero-order valence-electron chi connectivity index (χ0n) is 17.9. The van der Waals surface area contributed by atoms with Gasteiger partial charge in [-0.15, -0.1) is 0 Å². The van der Waals surface area contributed by atoms with E-state index in [-0.39, 0.29) is 23.1 Å². The lowest BCUT2D eigenvalue weighted by molar-refractivity contribution is -0.117. The molecule has 0 spiro atoms. The van der Waals surface area contributed by atoms with Gasteiger partial charge in [0.15, 0.2) is 0 Å². The summed E-state index contributed by atoms with van der Waals surface area (Å²) in [6.45, 7) is 0.764. The van der Waals surface area contributed by atoms with E-state index >= 15 is 0 Å². The number of hydrogen-bond acceptors (Lipinski definition) is 5. The van der Waals surface area contributed by atoms with Crippen molar-refractivity contribution in [3.05, 3.63) is 88.9 Å². The maximum Gasteiger partial charge on any atom is 0.250 e. The first-order chi connectivity index (χ1) is 15.9. The van der Waals surface area contributed by atoms with Crippen LogP contribution >= 0.6 is 11.6 Å². The SMILES string of the molecule is NCc1cccc(NN(C(=O)Cc2ccccc2)c2ccc(N3CCCS3(=O)=O)c(Cl)c2)c1. The number of sulfonamides is 1. The molecule has 0 radical (unpaired) electrons. The lowest BCUT2D eigenvalue weighted by Crippen LogP contribution is -2.37. The van der Waals surface area contributed by atoms with Crippen LogP contribution in [0.4, 0.5) is 17.1 Å². The van der Waals surface area contributed by atoms with Crippen LogP contribution in [0.25, 0.3) is 0 Å². The summed E-state index contributed by atoms with van der Waals surface area (Å²) in [4.78, 5) is 13.3. The van der Waals surface area contributed by atoms with Gasteiger partial charge in [-0.3, -0.25) is 14.5 Å². The van der Waals surface area contributed by atoms with Gasteiger partial charge in [0.2, 0.25) is 15.9 Å². The van der Waals surface area contributed by atoms with E-state index in [0.29, 0.717) is 36.6 Å². The maximum atomic E-state index is 13.3. The molecule has 4 rings (SSSR count). The Morgan fingerprint density at radius 3 is 2.45 bits per heavy atom. The fourth-order valence-corrected chi connectivity index (χ4v) is 5.67. The maximum absolute atomic E-state index is 13.3. The topological polar surface area (TPSA) is 95.7 Å². The Balaban J connectivity index is 1.67. The highest BCUT2D eigenvalue weighted by Gasteiger charge is 2.30. The molecule has 7 nitrogen and oxygen atoms in total. The summed E-state index contributed by atoms with van der Waals surface area (Å²) < 4.78 is 26.0. The van der Waals surface area contributed by atoms with Gasteiger partial charge in [-0.2, -0.15) is 0 Å². The van der Waals surface area contributed by atoms with Gasteiger partial charge in [0, 0.05) is 13.1 Å². The monoisotopic (exact) mass is 484 g/mol. The van der Waals surface area contributed by atoms with Gasteiger partial charge in [0.25, 0.3) is 0 Å². The lowest BCUT2D eigenvalue weighted by Gasteiger charge is -2.26. The molecule has 0 unspecified atom stereocenters. The van der Waals surface area contributed by atoms with E-state index < -0.39 is 10.0 Å². The number of carbonyl (C=O) groups is 1. The first-order valence-electron chi connectivity index (χ1n) is 10.6. The van der Waals surface area contributed by atoms with Gasteiger partial charge in [-0.25, -0.2) is 13.4 Å². The molecule has 1 aliphatic rings. The zero-order chi connectivity index (χ0) is 23.4. The van der Waals surface area contributed by atoms with Crippen molar-refractivity contribution in [2.75, 3.05) is 27.0 Å². The predicted octanol–water partition coefficient (Wildman–Crippen LogP) is 3.94. The third-order valence-electron chi connectivity index (χ3n) is 5.41. The van der Waals surface area contributed by atoms with Crippen LogP contribution in [0.3, 0.4) is 0 Å². The molecule has 33 heavy (non-hydrogen) atoms. The van der Waals surface area contributed by atoms with Crippen LogP contribution in [-0.2, 0) is 27.8 Å². The van der Waals surface area contributed by atoms with Crippen molar-refractivity contribution in [1.82, 2.24) is 0 Å². The molecule has 172 valence electrons. The number of nitrogens with one attached hydrogen (secondary N) is 1. The Hall–Kier alpha value is -3.07. The van der Waals surface area contributed by atoms with Crippen LogP contribution in [0.1, 0.15) is 17.5 Å². The summed E-state index contributed by atoms with van der Waals surface area (Å²) in [5.41, 5.74) is 12.3. The number of anilines is 3. The fraction of sp³-hybridized carbons (Fsp3) is 0.208. The van der Waals surface area contributed by atoms with Crippen LogP contribution < -0.4 is 20.5 Å². The largest absolute Gasteiger partial charge is 0.326 e.